The van der Waals surface area contributed by atoms with Gasteiger partial charge in [0.25, 0.3) is 0 Å². The summed E-state index contributed by atoms with van der Waals surface area (Å²) in [4.78, 5) is 10.7. The van der Waals surface area contributed by atoms with Crippen LogP contribution in [0.4, 0.5) is 0 Å². The van der Waals surface area contributed by atoms with Crippen molar-refractivity contribution in [2.45, 2.75) is 26.2 Å². The van der Waals surface area contributed by atoms with Gasteiger partial charge < -0.3 is 19.3 Å². The molecule has 0 atom stereocenters. The van der Waals surface area contributed by atoms with Crippen LogP contribution in [0.25, 0.3) is 0 Å². The summed E-state index contributed by atoms with van der Waals surface area (Å²) in [6.45, 7) is 5.35. The van der Waals surface area contributed by atoms with E-state index in [4.69, 9.17) is 19.3 Å². The summed E-state index contributed by atoms with van der Waals surface area (Å²) in [6, 6.07) is 6.38. The molecule has 0 amide bonds. The molecular formula is C16H24O5. The molecule has 0 bridgehead atoms. The lowest BCUT2D eigenvalue weighted by atomic mass is 10.2. The smallest absolute Gasteiger partial charge is 0.335 e. The highest BCUT2D eigenvalue weighted by Crippen LogP contribution is 2.12. The number of carboxylic acids is 1. The Balaban J connectivity index is 1.98. The number of carbonyl (C=O) groups is 1. The number of unbranched alkanes of at least 4 members (excludes halogenated alkanes) is 1. The summed E-state index contributed by atoms with van der Waals surface area (Å²) in [5.41, 5.74) is 0.258. The predicted molar refractivity (Wildman–Crippen MR) is 80.1 cm³/mol. The second-order valence-corrected chi connectivity index (χ2v) is 4.61. The molecule has 0 unspecified atom stereocenters. The average Bonchev–Trinajstić information content (AvgIpc) is 2.49. The molecule has 1 N–H and O–H groups in total. The summed E-state index contributed by atoms with van der Waals surface area (Å²) >= 11 is 0. The lowest BCUT2D eigenvalue weighted by Crippen LogP contribution is -2.08. The highest BCUT2D eigenvalue weighted by Gasteiger charge is 2.01. The zero-order chi connectivity index (χ0) is 15.3. The quantitative estimate of drug-likeness (QED) is 0.601. The van der Waals surface area contributed by atoms with Crippen LogP contribution in [-0.2, 0) is 9.47 Å². The minimum atomic E-state index is -0.934. The fraction of sp³-hybridized carbons (Fsp3) is 0.562. The van der Waals surface area contributed by atoms with Gasteiger partial charge in [0.15, 0.2) is 0 Å². The second-order valence-electron chi connectivity index (χ2n) is 4.61. The predicted octanol–water partition coefficient (Wildman–Crippen LogP) is 2.99. The Morgan fingerprint density at radius 3 is 2.14 bits per heavy atom. The maximum atomic E-state index is 10.7. The SMILES string of the molecule is CCCCOCCOCCCOc1ccc(C(=O)O)cc1. The Hall–Kier alpha value is -1.59. The summed E-state index contributed by atoms with van der Waals surface area (Å²) in [7, 11) is 0. The minimum absolute atomic E-state index is 0.258. The topological polar surface area (TPSA) is 65.0 Å². The first-order chi connectivity index (χ1) is 10.2. The van der Waals surface area contributed by atoms with Crippen LogP contribution in [0.2, 0.25) is 0 Å². The van der Waals surface area contributed by atoms with E-state index < -0.39 is 5.97 Å². The van der Waals surface area contributed by atoms with E-state index in [9.17, 15) is 4.79 Å². The zero-order valence-corrected chi connectivity index (χ0v) is 12.5. The van der Waals surface area contributed by atoms with Crippen molar-refractivity contribution in [1.82, 2.24) is 0 Å². The van der Waals surface area contributed by atoms with Gasteiger partial charge in [-0.25, -0.2) is 4.79 Å². The summed E-state index contributed by atoms with van der Waals surface area (Å²) in [6.07, 6.45) is 3.02. The van der Waals surface area contributed by atoms with Crippen molar-refractivity contribution < 1.29 is 24.1 Å². The van der Waals surface area contributed by atoms with Gasteiger partial charge in [0, 0.05) is 19.6 Å². The molecule has 0 heterocycles. The van der Waals surface area contributed by atoms with Gasteiger partial charge in [-0.1, -0.05) is 13.3 Å². The van der Waals surface area contributed by atoms with Gasteiger partial charge in [0.2, 0.25) is 0 Å². The standard InChI is InChI=1S/C16H24O5/c1-2-3-9-19-12-13-20-10-4-11-21-15-7-5-14(6-8-15)16(17)18/h5-8H,2-4,9-13H2,1H3,(H,17,18). The van der Waals surface area contributed by atoms with Gasteiger partial charge in [0.1, 0.15) is 5.75 Å². The van der Waals surface area contributed by atoms with E-state index >= 15 is 0 Å². The Morgan fingerprint density at radius 1 is 0.952 bits per heavy atom. The molecule has 0 spiro atoms. The summed E-state index contributed by atoms with van der Waals surface area (Å²) < 4.78 is 16.3. The highest BCUT2D eigenvalue weighted by atomic mass is 16.5. The number of hydrogen-bond donors (Lipinski definition) is 1. The normalized spacial score (nSPS) is 10.5. The van der Waals surface area contributed by atoms with Crippen LogP contribution in [0, 0.1) is 0 Å². The van der Waals surface area contributed by atoms with E-state index in [-0.39, 0.29) is 5.56 Å². The van der Waals surface area contributed by atoms with Crippen molar-refractivity contribution in [3.05, 3.63) is 29.8 Å². The van der Waals surface area contributed by atoms with Gasteiger partial charge in [-0.2, -0.15) is 0 Å². The molecule has 0 aliphatic heterocycles. The zero-order valence-electron chi connectivity index (χ0n) is 12.5. The molecule has 0 radical (unpaired) electrons. The number of benzene rings is 1. The van der Waals surface area contributed by atoms with Gasteiger partial charge in [-0.3, -0.25) is 0 Å². The van der Waals surface area contributed by atoms with Gasteiger partial charge >= 0.3 is 5.97 Å². The van der Waals surface area contributed by atoms with Crippen molar-refractivity contribution in [2.24, 2.45) is 0 Å². The van der Waals surface area contributed by atoms with Crippen molar-refractivity contribution in [1.29, 1.82) is 0 Å². The molecule has 0 aromatic heterocycles. The molecule has 0 saturated carbocycles. The molecule has 0 aliphatic rings. The average molecular weight is 296 g/mol. The Morgan fingerprint density at radius 2 is 1.57 bits per heavy atom. The molecule has 21 heavy (non-hydrogen) atoms. The Bertz CT molecular complexity index is 388. The van der Waals surface area contributed by atoms with Crippen molar-refractivity contribution in [3.63, 3.8) is 0 Å². The first-order valence-corrected chi connectivity index (χ1v) is 7.35. The van der Waals surface area contributed by atoms with Crippen molar-refractivity contribution in [3.8, 4) is 5.75 Å². The van der Waals surface area contributed by atoms with Gasteiger partial charge in [-0.15, -0.1) is 0 Å². The van der Waals surface area contributed by atoms with Gasteiger partial charge in [0.05, 0.1) is 25.4 Å². The van der Waals surface area contributed by atoms with Crippen LogP contribution in [0.1, 0.15) is 36.5 Å². The Kier molecular flexibility index (Phi) is 9.24. The molecular weight excluding hydrogens is 272 g/mol. The largest absolute Gasteiger partial charge is 0.494 e. The number of rotatable bonds is 12. The maximum Gasteiger partial charge on any atom is 0.335 e. The molecule has 0 saturated heterocycles. The van der Waals surface area contributed by atoms with E-state index in [0.717, 1.165) is 25.9 Å². The monoisotopic (exact) mass is 296 g/mol. The fourth-order valence-corrected chi connectivity index (χ4v) is 1.61. The van der Waals surface area contributed by atoms with Crippen LogP contribution >= 0.6 is 0 Å². The molecule has 5 heteroatoms. The maximum absolute atomic E-state index is 10.7. The van der Waals surface area contributed by atoms with Crippen LogP contribution in [0.5, 0.6) is 5.75 Å². The molecule has 1 rings (SSSR count). The van der Waals surface area contributed by atoms with Crippen LogP contribution in [0.3, 0.4) is 0 Å². The first kappa shape index (κ1) is 17.5. The molecule has 5 nitrogen and oxygen atoms in total. The third-order valence-corrected chi connectivity index (χ3v) is 2.82. The Labute approximate surface area is 125 Å². The van der Waals surface area contributed by atoms with Crippen LogP contribution in [0.15, 0.2) is 24.3 Å². The van der Waals surface area contributed by atoms with E-state index in [2.05, 4.69) is 6.92 Å². The number of aromatic carboxylic acids is 1. The third-order valence-electron chi connectivity index (χ3n) is 2.82. The molecule has 0 fully saturated rings. The minimum Gasteiger partial charge on any atom is -0.494 e. The second kappa shape index (κ2) is 11.1. The fourth-order valence-electron chi connectivity index (χ4n) is 1.61. The van der Waals surface area contributed by atoms with Crippen molar-refractivity contribution >= 4 is 5.97 Å². The number of carboxylic acid groups (broad SMARTS) is 1. The first-order valence-electron chi connectivity index (χ1n) is 7.35. The van der Waals surface area contributed by atoms with E-state index in [1.54, 1.807) is 12.1 Å². The summed E-state index contributed by atoms with van der Waals surface area (Å²) in [5, 5.41) is 8.77. The number of hydrogen-bond acceptors (Lipinski definition) is 4. The molecule has 0 aliphatic carbocycles. The third kappa shape index (κ3) is 8.32. The highest BCUT2D eigenvalue weighted by molar-refractivity contribution is 5.87. The lowest BCUT2D eigenvalue weighted by molar-refractivity contribution is 0.0426. The van der Waals surface area contributed by atoms with Crippen LogP contribution < -0.4 is 4.74 Å². The molecule has 1 aromatic carbocycles. The number of ether oxygens (including phenoxy) is 3. The molecule has 118 valence electrons. The molecule has 1 aromatic rings. The van der Waals surface area contributed by atoms with E-state index in [1.165, 1.54) is 12.1 Å². The van der Waals surface area contributed by atoms with E-state index in [0.29, 0.717) is 32.2 Å². The lowest BCUT2D eigenvalue weighted by Gasteiger charge is -2.07. The van der Waals surface area contributed by atoms with Crippen molar-refractivity contribution in [2.75, 3.05) is 33.0 Å². The van der Waals surface area contributed by atoms with E-state index in [1.807, 2.05) is 0 Å². The van der Waals surface area contributed by atoms with Gasteiger partial charge in [-0.05, 0) is 30.7 Å². The summed E-state index contributed by atoms with van der Waals surface area (Å²) in [5.74, 6) is -0.265. The van der Waals surface area contributed by atoms with Crippen LogP contribution in [-0.4, -0.2) is 44.1 Å².